The first-order chi connectivity index (χ1) is 8.68. The molecule has 1 N–H and O–H groups in total. The Morgan fingerprint density at radius 2 is 2.28 bits per heavy atom. The fourth-order valence-corrected chi connectivity index (χ4v) is 2.38. The first-order valence-corrected chi connectivity index (χ1v) is 6.44. The van der Waals surface area contributed by atoms with Crippen molar-refractivity contribution in [1.29, 1.82) is 0 Å². The summed E-state index contributed by atoms with van der Waals surface area (Å²) in [6.45, 7) is 0.622. The number of pyridine rings is 1. The lowest BCUT2D eigenvalue weighted by atomic mass is 9.68. The molecule has 4 nitrogen and oxygen atoms in total. The number of aliphatic hydroxyl groups excluding tert-OH is 1. The van der Waals surface area contributed by atoms with Gasteiger partial charge in [-0.25, -0.2) is 0 Å². The molecule has 1 aliphatic rings. The van der Waals surface area contributed by atoms with E-state index in [4.69, 9.17) is 0 Å². The van der Waals surface area contributed by atoms with Crippen molar-refractivity contribution in [3.8, 4) is 0 Å². The van der Waals surface area contributed by atoms with E-state index in [9.17, 15) is 9.90 Å². The zero-order valence-electron chi connectivity index (χ0n) is 10.8. The fraction of sp³-hybridized carbons (Fsp3) is 0.571. The van der Waals surface area contributed by atoms with Crippen molar-refractivity contribution in [1.82, 2.24) is 9.88 Å². The maximum Gasteiger partial charge on any atom is 0.230 e. The fourth-order valence-electron chi connectivity index (χ4n) is 2.38. The summed E-state index contributed by atoms with van der Waals surface area (Å²) in [4.78, 5) is 18.2. The van der Waals surface area contributed by atoms with Crippen molar-refractivity contribution in [2.75, 3.05) is 20.2 Å². The number of aliphatic hydroxyl groups is 1. The average Bonchev–Trinajstić information content (AvgIpc) is 2.36. The first-order valence-electron chi connectivity index (χ1n) is 6.44. The van der Waals surface area contributed by atoms with Crippen molar-refractivity contribution >= 4 is 5.91 Å². The molecule has 0 bridgehead atoms. The second-order valence-corrected chi connectivity index (χ2v) is 5.09. The molecule has 4 heteroatoms. The smallest absolute Gasteiger partial charge is 0.230 e. The van der Waals surface area contributed by atoms with E-state index in [1.165, 1.54) is 0 Å². The molecule has 0 atom stereocenters. The molecule has 1 aromatic rings. The second-order valence-electron chi connectivity index (χ2n) is 5.09. The number of nitrogens with zero attached hydrogens (tertiary/aromatic N) is 2. The van der Waals surface area contributed by atoms with Gasteiger partial charge in [-0.1, -0.05) is 12.5 Å². The number of carbonyl (C=O) groups is 1. The van der Waals surface area contributed by atoms with Crippen molar-refractivity contribution in [2.24, 2.45) is 5.41 Å². The zero-order chi connectivity index (χ0) is 13.0. The minimum Gasteiger partial charge on any atom is -0.395 e. The minimum atomic E-state index is -0.487. The molecule has 1 fully saturated rings. The minimum absolute atomic E-state index is 0.0280. The molecule has 0 aliphatic heterocycles. The van der Waals surface area contributed by atoms with Crippen LogP contribution in [0.15, 0.2) is 24.4 Å². The molecule has 1 heterocycles. The van der Waals surface area contributed by atoms with Crippen LogP contribution in [0.25, 0.3) is 0 Å². The maximum absolute atomic E-state index is 12.2. The molecular formula is C14H20N2O2. The maximum atomic E-state index is 12.2. The third-order valence-electron chi connectivity index (χ3n) is 3.84. The first kappa shape index (κ1) is 13.0. The van der Waals surface area contributed by atoms with Crippen molar-refractivity contribution in [2.45, 2.75) is 25.7 Å². The molecule has 0 saturated heterocycles. The molecule has 1 aliphatic carbocycles. The summed E-state index contributed by atoms with van der Waals surface area (Å²) < 4.78 is 0. The quantitative estimate of drug-likeness (QED) is 0.853. The standard InChI is InChI=1S/C14H20N2O2/c1-16(10-6-12-5-2-3-9-15-12)13(18)14(11-17)7-4-8-14/h2-3,5,9,17H,4,6-8,10-11H2,1H3. The lowest BCUT2D eigenvalue weighted by molar-refractivity contribution is -0.149. The molecule has 2 rings (SSSR count). The molecular weight excluding hydrogens is 228 g/mol. The average molecular weight is 248 g/mol. The van der Waals surface area contributed by atoms with Crippen molar-refractivity contribution in [3.63, 3.8) is 0 Å². The van der Waals surface area contributed by atoms with E-state index in [0.29, 0.717) is 6.54 Å². The molecule has 0 spiro atoms. The molecule has 98 valence electrons. The molecule has 1 saturated carbocycles. The molecule has 1 amide bonds. The Kier molecular flexibility index (Phi) is 3.97. The monoisotopic (exact) mass is 248 g/mol. The summed E-state index contributed by atoms with van der Waals surface area (Å²) in [5.41, 5.74) is 0.502. The number of carbonyl (C=O) groups excluding carboxylic acids is 1. The van der Waals surface area contributed by atoms with Gasteiger partial charge in [0.05, 0.1) is 12.0 Å². The van der Waals surface area contributed by atoms with Crippen LogP contribution in [0.1, 0.15) is 25.0 Å². The highest BCUT2D eigenvalue weighted by atomic mass is 16.3. The van der Waals surface area contributed by atoms with Gasteiger partial charge < -0.3 is 10.0 Å². The van der Waals surface area contributed by atoms with Gasteiger partial charge in [0.15, 0.2) is 0 Å². The van der Waals surface area contributed by atoms with Crippen LogP contribution in [0.3, 0.4) is 0 Å². The van der Waals surface area contributed by atoms with E-state index in [2.05, 4.69) is 4.98 Å². The van der Waals surface area contributed by atoms with Gasteiger partial charge in [-0.05, 0) is 25.0 Å². The lowest BCUT2D eigenvalue weighted by Gasteiger charge is -2.41. The number of likely N-dealkylation sites (N-methyl/N-ethyl adjacent to an activating group) is 1. The van der Waals surface area contributed by atoms with Gasteiger partial charge in [-0.2, -0.15) is 0 Å². The van der Waals surface area contributed by atoms with Gasteiger partial charge in [0.1, 0.15) is 0 Å². The normalized spacial score (nSPS) is 17.0. The van der Waals surface area contributed by atoms with Gasteiger partial charge in [0.2, 0.25) is 5.91 Å². The Hall–Kier alpha value is -1.42. The van der Waals surface area contributed by atoms with E-state index < -0.39 is 5.41 Å². The van der Waals surface area contributed by atoms with Crippen LogP contribution in [0.4, 0.5) is 0 Å². The summed E-state index contributed by atoms with van der Waals surface area (Å²) >= 11 is 0. The highest BCUT2D eigenvalue weighted by molar-refractivity contribution is 5.83. The predicted molar refractivity (Wildman–Crippen MR) is 68.9 cm³/mol. The van der Waals surface area contributed by atoms with E-state index in [1.807, 2.05) is 18.2 Å². The Morgan fingerprint density at radius 1 is 1.50 bits per heavy atom. The number of hydrogen-bond acceptors (Lipinski definition) is 3. The Balaban J connectivity index is 1.88. The Labute approximate surface area is 108 Å². The van der Waals surface area contributed by atoms with Gasteiger partial charge >= 0.3 is 0 Å². The van der Waals surface area contributed by atoms with Gasteiger partial charge in [0, 0.05) is 31.9 Å². The van der Waals surface area contributed by atoms with Crippen molar-refractivity contribution < 1.29 is 9.90 Å². The molecule has 18 heavy (non-hydrogen) atoms. The highest BCUT2D eigenvalue weighted by Gasteiger charge is 2.44. The number of amides is 1. The van der Waals surface area contributed by atoms with Crippen LogP contribution < -0.4 is 0 Å². The summed E-state index contributed by atoms with van der Waals surface area (Å²) in [6, 6.07) is 5.79. The molecule has 1 aromatic heterocycles. The summed E-state index contributed by atoms with van der Waals surface area (Å²) in [6.07, 6.45) is 5.19. The Bertz CT molecular complexity index is 396. The van der Waals surface area contributed by atoms with E-state index in [1.54, 1.807) is 18.1 Å². The topological polar surface area (TPSA) is 53.4 Å². The van der Waals surface area contributed by atoms with Crippen LogP contribution in [0.5, 0.6) is 0 Å². The van der Waals surface area contributed by atoms with Gasteiger partial charge in [-0.15, -0.1) is 0 Å². The number of hydrogen-bond donors (Lipinski definition) is 1. The summed E-state index contributed by atoms with van der Waals surface area (Å²) in [7, 11) is 1.81. The van der Waals surface area contributed by atoms with Gasteiger partial charge in [-0.3, -0.25) is 9.78 Å². The van der Waals surface area contributed by atoms with Crippen LogP contribution >= 0.6 is 0 Å². The molecule has 0 aromatic carbocycles. The highest BCUT2D eigenvalue weighted by Crippen LogP contribution is 2.41. The van der Waals surface area contributed by atoms with Crippen molar-refractivity contribution in [3.05, 3.63) is 30.1 Å². The number of rotatable bonds is 5. The SMILES string of the molecule is CN(CCc1ccccn1)C(=O)C1(CO)CCC1. The third kappa shape index (κ3) is 2.53. The largest absolute Gasteiger partial charge is 0.395 e. The third-order valence-corrected chi connectivity index (χ3v) is 3.84. The molecule has 0 radical (unpaired) electrons. The van der Waals surface area contributed by atoms with E-state index in [-0.39, 0.29) is 12.5 Å². The zero-order valence-corrected chi connectivity index (χ0v) is 10.8. The van der Waals surface area contributed by atoms with E-state index in [0.717, 1.165) is 31.4 Å². The van der Waals surface area contributed by atoms with Gasteiger partial charge in [0.25, 0.3) is 0 Å². The van der Waals surface area contributed by atoms with E-state index >= 15 is 0 Å². The summed E-state index contributed by atoms with van der Waals surface area (Å²) in [5.74, 6) is 0.0761. The lowest BCUT2D eigenvalue weighted by Crippen LogP contribution is -2.49. The molecule has 0 unspecified atom stereocenters. The predicted octanol–water partition coefficient (Wildman–Crippen LogP) is 1.25. The number of aromatic nitrogens is 1. The Morgan fingerprint density at radius 3 is 2.78 bits per heavy atom. The van der Waals surface area contributed by atoms with Crippen LogP contribution in [-0.2, 0) is 11.2 Å². The second kappa shape index (κ2) is 5.48. The van der Waals surface area contributed by atoms with Crippen LogP contribution in [0, 0.1) is 5.41 Å². The van der Waals surface area contributed by atoms with Crippen LogP contribution in [-0.4, -0.2) is 41.1 Å². The summed E-state index contributed by atoms with van der Waals surface area (Å²) in [5, 5.41) is 9.38. The van der Waals surface area contributed by atoms with Crippen LogP contribution in [0.2, 0.25) is 0 Å².